The molecule has 8 nitrogen and oxygen atoms in total. The van der Waals surface area contributed by atoms with Crippen molar-refractivity contribution in [1.29, 1.82) is 0 Å². The first-order chi connectivity index (χ1) is 19.6. The fourth-order valence-electron chi connectivity index (χ4n) is 4.80. The number of benzene rings is 3. The molecule has 1 aliphatic rings. The van der Waals surface area contributed by atoms with Crippen LogP contribution in [0.1, 0.15) is 38.2 Å². The van der Waals surface area contributed by atoms with Crippen LogP contribution in [-0.4, -0.2) is 50.9 Å². The van der Waals surface area contributed by atoms with Gasteiger partial charge in [-0.25, -0.2) is 8.42 Å². The summed E-state index contributed by atoms with van der Waals surface area (Å²) in [4.78, 5) is 28.7. The summed E-state index contributed by atoms with van der Waals surface area (Å²) in [6.07, 6.45) is 3.88. The van der Waals surface area contributed by atoms with Gasteiger partial charge in [-0.3, -0.25) is 13.9 Å². The van der Waals surface area contributed by atoms with E-state index < -0.39 is 28.5 Å². The van der Waals surface area contributed by atoms with Gasteiger partial charge in [0.05, 0.1) is 17.7 Å². The van der Waals surface area contributed by atoms with E-state index in [9.17, 15) is 18.0 Å². The monoisotopic (exact) mass is 617 g/mol. The van der Waals surface area contributed by atoms with E-state index in [0.717, 1.165) is 35.6 Å². The Labute approximate surface area is 251 Å². The number of ether oxygens (including phenoxy) is 1. The molecule has 0 saturated heterocycles. The van der Waals surface area contributed by atoms with E-state index in [4.69, 9.17) is 27.9 Å². The Balaban J connectivity index is 1.68. The lowest BCUT2D eigenvalue weighted by molar-refractivity contribution is -0.139. The maximum absolute atomic E-state index is 14.0. The van der Waals surface area contributed by atoms with E-state index >= 15 is 0 Å². The molecule has 0 spiro atoms. The molecule has 2 amide bonds. The molecule has 11 heteroatoms. The summed E-state index contributed by atoms with van der Waals surface area (Å²) in [5.74, 6) is -0.180. The van der Waals surface area contributed by atoms with Gasteiger partial charge in [-0.05, 0) is 79.9 Å². The highest BCUT2D eigenvalue weighted by Crippen LogP contribution is 2.28. The third-order valence-electron chi connectivity index (χ3n) is 7.16. The predicted molar refractivity (Wildman–Crippen MR) is 161 cm³/mol. The lowest BCUT2D eigenvalue weighted by Gasteiger charge is -2.32. The van der Waals surface area contributed by atoms with Crippen LogP contribution in [-0.2, 0) is 26.2 Å². The summed E-state index contributed by atoms with van der Waals surface area (Å²) < 4.78 is 34.0. The molecular weight excluding hydrogens is 585 g/mol. The molecule has 3 aromatic carbocycles. The summed E-state index contributed by atoms with van der Waals surface area (Å²) in [5, 5.41) is 3.74. The van der Waals surface area contributed by atoms with Crippen molar-refractivity contribution < 1.29 is 22.7 Å². The van der Waals surface area contributed by atoms with Crippen molar-refractivity contribution in [3.63, 3.8) is 0 Å². The molecule has 1 aliphatic carbocycles. The molecule has 1 fully saturated rings. The molecule has 0 radical (unpaired) electrons. The number of anilines is 1. The van der Waals surface area contributed by atoms with Crippen molar-refractivity contribution in [3.8, 4) is 5.75 Å². The van der Waals surface area contributed by atoms with Gasteiger partial charge in [0.1, 0.15) is 18.3 Å². The Morgan fingerprint density at radius 2 is 1.63 bits per heavy atom. The number of carbonyl (C=O) groups is 2. The second-order valence-electron chi connectivity index (χ2n) is 9.98. The van der Waals surface area contributed by atoms with Crippen molar-refractivity contribution in [2.75, 3.05) is 18.0 Å². The lowest BCUT2D eigenvalue weighted by atomic mass is 10.1. The van der Waals surface area contributed by atoms with Gasteiger partial charge < -0.3 is 15.0 Å². The summed E-state index contributed by atoms with van der Waals surface area (Å²) in [6.45, 7) is 1.19. The summed E-state index contributed by atoms with van der Waals surface area (Å²) >= 11 is 12.2. The van der Waals surface area contributed by atoms with Gasteiger partial charge >= 0.3 is 0 Å². The minimum Gasteiger partial charge on any atom is -0.497 e. The topological polar surface area (TPSA) is 96.0 Å². The first-order valence-corrected chi connectivity index (χ1v) is 15.5. The average Bonchev–Trinajstić information content (AvgIpc) is 3.47. The van der Waals surface area contributed by atoms with Crippen LogP contribution >= 0.6 is 23.2 Å². The molecule has 1 unspecified atom stereocenters. The van der Waals surface area contributed by atoms with E-state index in [2.05, 4.69) is 5.32 Å². The minimum atomic E-state index is -4.21. The van der Waals surface area contributed by atoms with E-state index in [-0.39, 0.29) is 29.1 Å². The van der Waals surface area contributed by atoms with Gasteiger partial charge in [0.25, 0.3) is 10.0 Å². The second-order valence-corrected chi connectivity index (χ2v) is 12.7. The number of rotatable bonds is 11. The minimum absolute atomic E-state index is 0.0385. The number of nitrogens with one attached hydrogen (secondary N) is 1. The predicted octanol–water partition coefficient (Wildman–Crippen LogP) is 5.67. The highest BCUT2D eigenvalue weighted by Gasteiger charge is 2.33. The standard InChI is InChI=1S/C30H33Cl2N3O5S/c1-21(30(37)33-25-7-3-4-8-25)34(19-22-10-14-27(40-2)15-11-22)29(36)20-35(26-9-5-6-24(32)18-26)41(38,39)28-16-12-23(31)13-17-28/h5-6,9-18,21,25H,3-4,7-8,19-20H2,1-2H3,(H,33,37). The molecule has 1 atom stereocenters. The molecule has 1 N–H and O–H groups in total. The zero-order valence-corrected chi connectivity index (χ0v) is 25.3. The van der Waals surface area contributed by atoms with Crippen LogP contribution in [0.2, 0.25) is 10.0 Å². The number of nitrogens with zero attached hydrogens (tertiary/aromatic N) is 2. The number of carbonyl (C=O) groups excluding carboxylic acids is 2. The van der Waals surface area contributed by atoms with E-state index in [1.165, 1.54) is 35.2 Å². The quantitative estimate of drug-likeness (QED) is 0.299. The third kappa shape index (κ3) is 7.72. The Bertz CT molecular complexity index is 1460. The fraction of sp³-hybridized carbons (Fsp3) is 0.333. The van der Waals surface area contributed by atoms with E-state index in [1.807, 2.05) is 0 Å². The Kier molecular flexibility index (Phi) is 10.2. The van der Waals surface area contributed by atoms with Crippen LogP contribution in [0.3, 0.4) is 0 Å². The van der Waals surface area contributed by atoms with Crippen LogP contribution in [0.25, 0.3) is 0 Å². The summed E-state index contributed by atoms with van der Waals surface area (Å²) in [7, 11) is -2.65. The van der Waals surface area contributed by atoms with Crippen molar-refractivity contribution in [2.24, 2.45) is 0 Å². The average molecular weight is 619 g/mol. The van der Waals surface area contributed by atoms with E-state index in [1.54, 1.807) is 56.5 Å². The Hall–Kier alpha value is -3.27. The first-order valence-electron chi connectivity index (χ1n) is 13.3. The van der Waals surface area contributed by atoms with Crippen molar-refractivity contribution >= 4 is 50.7 Å². The number of methoxy groups -OCH3 is 1. The molecule has 218 valence electrons. The van der Waals surface area contributed by atoms with Crippen molar-refractivity contribution in [3.05, 3.63) is 88.4 Å². The number of halogens is 2. The molecule has 0 bridgehead atoms. The van der Waals surface area contributed by atoms with Gasteiger partial charge in [0.15, 0.2) is 0 Å². The zero-order valence-electron chi connectivity index (χ0n) is 22.9. The molecule has 1 saturated carbocycles. The number of amides is 2. The summed E-state index contributed by atoms with van der Waals surface area (Å²) in [5.41, 5.74) is 0.975. The normalized spacial score (nSPS) is 14.3. The van der Waals surface area contributed by atoms with Crippen LogP contribution in [0.15, 0.2) is 77.7 Å². The molecule has 4 rings (SSSR count). The molecule has 0 aliphatic heterocycles. The zero-order chi connectivity index (χ0) is 29.6. The SMILES string of the molecule is COc1ccc(CN(C(=O)CN(c2cccc(Cl)c2)S(=O)(=O)c2ccc(Cl)cc2)C(C)C(=O)NC2CCCC2)cc1. The molecule has 0 aromatic heterocycles. The number of sulfonamides is 1. The van der Waals surface area contributed by atoms with Crippen molar-refractivity contribution in [2.45, 2.75) is 56.1 Å². The van der Waals surface area contributed by atoms with Crippen LogP contribution < -0.4 is 14.4 Å². The molecule has 3 aromatic rings. The number of hydrogen-bond acceptors (Lipinski definition) is 5. The maximum Gasteiger partial charge on any atom is 0.264 e. The van der Waals surface area contributed by atoms with Gasteiger partial charge in [-0.1, -0.05) is 54.2 Å². The Morgan fingerprint density at radius 1 is 0.976 bits per heavy atom. The highest BCUT2D eigenvalue weighted by molar-refractivity contribution is 7.92. The van der Waals surface area contributed by atoms with Crippen LogP contribution in [0.5, 0.6) is 5.75 Å². The van der Waals surface area contributed by atoms with Gasteiger partial charge in [0, 0.05) is 22.6 Å². The molecule has 0 heterocycles. The third-order valence-corrected chi connectivity index (χ3v) is 9.43. The van der Waals surface area contributed by atoms with Crippen molar-refractivity contribution in [1.82, 2.24) is 10.2 Å². The fourth-order valence-corrected chi connectivity index (χ4v) is 6.51. The van der Waals surface area contributed by atoms with Gasteiger partial charge in [0.2, 0.25) is 11.8 Å². The largest absolute Gasteiger partial charge is 0.497 e. The van der Waals surface area contributed by atoms with E-state index in [0.29, 0.717) is 15.8 Å². The Morgan fingerprint density at radius 3 is 2.24 bits per heavy atom. The molecule has 41 heavy (non-hydrogen) atoms. The smallest absolute Gasteiger partial charge is 0.264 e. The first kappa shape index (κ1) is 30.7. The maximum atomic E-state index is 14.0. The lowest BCUT2D eigenvalue weighted by Crippen LogP contribution is -2.52. The highest BCUT2D eigenvalue weighted by atomic mass is 35.5. The van der Waals surface area contributed by atoms with Crippen LogP contribution in [0, 0.1) is 0 Å². The summed E-state index contributed by atoms with van der Waals surface area (Å²) in [6, 6.07) is 18.3. The number of hydrogen-bond donors (Lipinski definition) is 1. The second kappa shape index (κ2) is 13.6. The van der Waals surface area contributed by atoms with Crippen LogP contribution in [0.4, 0.5) is 5.69 Å². The van der Waals surface area contributed by atoms with Gasteiger partial charge in [-0.2, -0.15) is 0 Å². The van der Waals surface area contributed by atoms with Gasteiger partial charge in [-0.15, -0.1) is 0 Å². The molecular formula is C30H33Cl2N3O5S.